The lowest BCUT2D eigenvalue weighted by Gasteiger charge is -2.37. The van der Waals surface area contributed by atoms with Crippen LogP contribution in [0.1, 0.15) is 25.7 Å². The normalized spacial score (nSPS) is 24.5. The second-order valence-corrected chi connectivity index (χ2v) is 5.57. The molecule has 0 radical (unpaired) electrons. The molecular formula is C13H21N3O4. The molecular weight excluding hydrogens is 262 g/mol. The molecule has 7 heteroatoms. The summed E-state index contributed by atoms with van der Waals surface area (Å²) in [4.78, 5) is 37.8. The standard InChI is InChI=1S/C13H21N3O4/c14-11(17)10-2-1-5-16(8-10)13(20)15-6-3-9(4-7-15)12(18)19/h9-10H,1-8H2,(H2,14,17)(H,18,19). The van der Waals surface area contributed by atoms with Crippen LogP contribution in [-0.2, 0) is 9.59 Å². The first-order chi connectivity index (χ1) is 9.49. The third-order valence-corrected chi connectivity index (χ3v) is 4.21. The zero-order valence-corrected chi connectivity index (χ0v) is 11.5. The first-order valence-corrected chi connectivity index (χ1v) is 7.05. The fraction of sp³-hybridized carbons (Fsp3) is 0.769. The summed E-state index contributed by atoms with van der Waals surface area (Å²) >= 11 is 0. The van der Waals surface area contributed by atoms with E-state index in [1.165, 1.54) is 0 Å². The zero-order valence-electron chi connectivity index (χ0n) is 11.5. The van der Waals surface area contributed by atoms with Gasteiger partial charge in [0.15, 0.2) is 0 Å². The number of nitrogens with zero attached hydrogens (tertiary/aromatic N) is 2. The quantitative estimate of drug-likeness (QED) is 0.750. The number of amides is 3. The summed E-state index contributed by atoms with van der Waals surface area (Å²) in [6.07, 6.45) is 2.51. The van der Waals surface area contributed by atoms with E-state index in [1.807, 2.05) is 0 Å². The molecule has 0 spiro atoms. The predicted octanol–water partition coefficient (Wildman–Crippen LogP) is 0.100. The highest BCUT2D eigenvalue weighted by molar-refractivity contribution is 5.79. The number of aliphatic carboxylic acids is 1. The molecule has 2 fully saturated rings. The fourth-order valence-electron chi connectivity index (χ4n) is 2.90. The maximum absolute atomic E-state index is 12.4. The van der Waals surface area contributed by atoms with Gasteiger partial charge in [-0.1, -0.05) is 0 Å². The van der Waals surface area contributed by atoms with Crippen LogP contribution >= 0.6 is 0 Å². The van der Waals surface area contributed by atoms with E-state index in [4.69, 9.17) is 10.8 Å². The van der Waals surface area contributed by atoms with E-state index < -0.39 is 5.97 Å². The number of carbonyl (C=O) groups excluding carboxylic acids is 2. The third-order valence-electron chi connectivity index (χ3n) is 4.21. The van der Waals surface area contributed by atoms with E-state index >= 15 is 0 Å². The van der Waals surface area contributed by atoms with Gasteiger partial charge in [-0.15, -0.1) is 0 Å². The van der Waals surface area contributed by atoms with Gasteiger partial charge < -0.3 is 20.6 Å². The lowest BCUT2D eigenvalue weighted by Crippen LogP contribution is -2.51. The lowest BCUT2D eigenvalue weighted by molar-refractivity contribution is -0.143. The van der Waals surface area contributed by atoms with Crippen LogP contribution in [0.5, 0.6) is 0 Å². The molecule has 0 aliphatic carbocycles. The first-order valence-electron chi connectivity index (χ1n) is 7.05. The van der Waals surface area contributed by atoms with Gasteiger partial charge in [-0.3, -0.25) is 9.59 Å². The smallest absolute Gasteiger partial charge is 0.320 e. The van der Waals surface area contributed by atoms with Gasteiger partial charge in [0, 0.05) is 26.2 Å². The molecule has 0 aromatic carbocycles. The molecule has 7 nitrogen and oxygen atoms in total. The molecule has 2 aliphatic rings. The highest BCUT2D eigenvalue weighted by Crippen LogP contribution is 2.21. The Morgan fingerprint density at radius 1 is 0.950 bits per heavy atom. The van der Waals surface area contributed by atoms with Crippen molar-refractivity contribution in [3.05, 3.63) is 0 Å². The molecule has 2 aliphatic heterocycles. The average Bonchev–Trinajstić information content (AvgIpc) is 2.46. The molecule has 1 atom stereocenters. The van der Waals surface area contributed by atoms with Crippen molar-refractivity contribution in [2.45, 2.75) is 25.7 Å². The lowest BCUT2D eigenvalue weighted by atomic mass is 9.96. The fourth-order valence-corrected chi connectivity index (χ4v) is 2.90. The van der Waals surface area contributed by atoms with Crippen LogP contribution in [0.15, 0.2) is 0 Å². The number of hydrogen-bond donors (Lipinski definition) is 2. The van der Waals surface area contributed by atoms with Gasteiger partial charge in [0.1, 0.15) is 0 Å². The number of carboxylic acid groups (broad SMARTS) is 1. The highest BCUT2D eigenvalue weighted by atomic mass is 16.4. The molecule has 3 amide bonds. The first kappa shape index (κ1) is 14.6. The molecule has 0 aromatic rings. The minimum atomic E-state index is -0.788. The topological polar surface area (TPSA) is 104 Å². The third kappa shape index (κ3) is 3.20. The van der Waals surface area contributed by atoms with Crippen molar-refractivity contribution in [1.82, 2.24) is 9.80 Å². The summed E-state index contributed by atoms with van der Waals surface area (Å²) < 4.78 is 0. The van der Waals surface area contributed by atoms with Crippen LogP contribution in [-0.4, -0.2) is 59.0 Å². The number of primary amides is 1. The summed E-state index contributed by atoms with van der Waals surface area (Å²) in [6.45, 7) is 1.95. The SMILES string of the molecule is NC(=O)C1CCCN(C(=O)N2CCC(C(=O)O)CC2)C1. The van der Waals surface area contributed by atoms with E-state index in [0.29, 0.717) is 39.0 Å². The summed E-state index contributed by atoms with van der Waals surface area (Å²) in [6, 6.07) is -0.0974. The summed E-state index contributed by atoms with van der Waals surface area (Å²) in [5.41, 5.74) is 5.30. The van der Waals surface area contributed by atoms with Gasteiger partial charge in [-0.2, -0.15) is 0 Å². The number of nitrogens with two attached hydrogens (primary N) is 1. The van der Waals surface area contributed by atoms with E-state index in [2.05, 4.69) is 0 Å². The van der Waals surface area contributed by atoms with Crippen molar-refractivity contribution >= 4 is 17.9 Å². The van der Waals surface area contributed by atoms with E-state index in [0.717, 1.165) is 12.8 Å². The molecule has 1 unspecified atom stereocenters. The van der Waals surface area contributed by atoms with Crippen molar-refractivity contribution in [3.8, 4) is 0 Å². The second kappa shape index (κ2) is 6.11. The van der Waals surface area contributed by atoms with Crippen LogP contribution in [0.4, 0.5) is 4.79 Å². The van der Waals surface area contributed by atoms with Gasteiger partial charge >= 0.3 is 12.0 Å². The molecule has 20 heavy (non-hydrogen) atoms. The van der Waals surface area contributed by atoms with Gasteiger partial charge in [0.2, 0.25) is 5.91 Å². The predicted molar refractivity (Wildman–Crippen MR) is 70.8 cm³/mol. The number of carboxylic acids is 1. The second-order valence-electron chi connectivity index (χ2n) is 5.57. The zero-order chi connectivity index (χ0) is 14.7. The summed E-state index contributed by atoms with van der Waals surface area (Å²) in [7, 11) is 0. The minimum absolute atomic E-state index is 0.0974. The van der Waals surface area contributed by atoms with E-state index in [-0.39, 0.29) is 23.8 Å². The maximum Gasteiger partial charge on any atom is 0.320 e. The van der Waals surface area contributed by atoms with Crippen molar-refractivity contribution in [3.63, 3.8) is 0 Å². The Morgan fingerprint density at radius 2 is 1.60 bits per heavy atom. The van der Waals surface area contributed by atoms with Gasteiger partial charge in [-0.25, -0.2) is 4.79 Å². The number of rotatable bonds is 2. The van der Waals surface area contributed by atoms with Gasteiger partial charge in [0.25, 0.3) is 0 Å². The van der Waals surface area contributed by atoms with Crippen molar-refractivity contribution in [1.29, 1.82) is 0 Å². The largest absolute Gasteiger partial charge is 0.481 e. The van der Waals surface area contributed by atoms with E-state index in [1.54, 1.807) is 9.80 Å². The Labute approximate surface area is 117 Å². The molecule has 112 valence electrons. The Morgan fingerprint density at radius 3 is 2.15 bits per heavy atom. The number of hydrogen-bond acceptors (Lipinski definition) is 3. The molecule has 2 saturated heterocycles. The number of piperidine rings is 2. The number of urea groups is 1. The Hall–Kier alpha value is -1.79. The molecule has 2 heterocycles. The molecule has 0 saturated carbocycles. The summed E-state index contributed by atoms with van der Waals surface area (Å²) in [5.74, 6) is -1.75. The molecule has 0 aromatic heterocycles. The monoisotopic (exact) mass is 283 g/mol. The van der Waals surface area contributed by atoms with Crippen LogP contribution in [0, 0.1) is 11.8 Å². The van der Waals surface area contributed by atoms with Crippen LogP contribution in [0.2, 0.25) is 0 Å². The van der Waals surface area contributed by atoms with Gasteiger partial charge in [0.05, 0.1) is 11.8 Å². The van der Waals surface area contributed by atoms with Crippen LogP contribution in [0.3, 0.4) is 0 Å². The minimum Gasteiger partial charge on any atom is -0.481 e. The van der Waals surface area contributed by atoms with Crippen molar-refractivity contribution < 1.29 is 19.5 Å². The number of carbonyl (C=O) groups is 3. The van der Waals surface area contributed by atoms with Crippen molar-refractivity contribution in [2.24, 2.45) is 17.6 Å². The average molecular weight is 283 g/mol. The Kier molecular flexibility index (Phi) is 4.46. The number of likely N-dealkylation sites (tertiary alicyclic amines) is 2. The Balaban J connectivity index is 1.88. The molecule has 3 N–H and O–H groups in total. The maximum atomic E-state index is 12.4. The Bertz CT molecular complexity index is 404. The highest BCUT2D eigenvalue weighted by Gasteiger charge is 2.32. The van der Waals surface area contributed by atoms with Gasteiger partial charge in [-0.05, 0) is 25.7 Å². The van der Waals surface area contributed by atoms with Crippen LogP contribution < -0.4 is 5.73 Å². The molecule has 2 rings (SSSR count). The molecule has 0 bridgehead atoms. The van der Waals surface area contributed by atoms with E-state index in [9.17, 15) is 14.4 Å². The van der Waals surface area contributed by atoms with Crippen molar-refractivity contribution in [2.75, 3.05) is 26.2 Å². The summed E-state index contributed by atoms with van der Waals surface area (Å²) in [5, 5.41) is 8.94. The van der Waals surface area contributed by atoms with Crippen LogP contribution in [0.25, 0.3) is 0 Å².